The number of hydrogen-bond donors (Lipinski definition) is 0. The minimum atomic E-state index is 0.594. The maximum atomic E-state index is 4.82. The molecule has 156 valence electrons. The first-order chi connectivity index (χ1) is 14.8. The van der Waals surface area contributed by atoms with Gasteiger partial charge in [-0.1, -0.05) is 6.42 Å². The summed E-state index contributed by atoms with van der Waals surface area (Å²) in [6.07, 6.45) is 17.7. The molecule has 2 aliphatic heterocycles. The van der Waals surface area contributed by atoms with E-state index in [1.54, 1.807) is 0 Å². The van der Waals surface area contributed by atoms with Crippen molar-refractivity contribution in [1.82, 2.24) is 19.3 Å². The van der Waals surface area contributed by atoms with Gasteiger partial charge in [-0.05, 0) is 86.9 Å². The van der Waals surface area contributed by atoms with Gasteiger partial charge in [0.05, 0.1) is 0 Å². The third kappa shape index (κ3) is 3.29. The van der Waals surface area contributed by atoms with E-state index >= 15 is 0 Å². The second kappa shape index (κ2) is 7.38. The summed E-state index contributed by atoms with van der Waals surface area (Å²) in [4.78, 5) is 14.5. The van der Waals surface area contributed by atoms with Crippen LogP contribution in [0.25, 0.3) is 16.8 Å². The molecule has 0 amide bonds. The fourth-order valence-corrected chi connectivity index (χ4v) is 5.66. The highest BCUT2D eigenvalue weighted by Crippen LogP contribution is 2.43. The SMILES string of the molecule is c1cn2ccc(-c3ccc(N4CCC5(CC4)CCN(C4CCC4)CC5)nc3)cc2n1. The molecule has 30 heavy (non-hydrogen) atoms. The van der Waals surface area contributed by atoms with Crippen LogP contribution in [0.2, 0.25) is 0 Å². The number of pyridine rings is 2. The maximum Gasteiger partial charge on any atom is 0.137 e. The smallest absolute Gasteiger partial charge is 0.137 e. The third-order valence-electron chi connectivity index (χ3n) is 8.08. The van der Waals surface area contributed by atoms with Crippen LogP contribution >= 0.6 is 0 Å². The van der Waals surface area contributed by atoms with Gasteiger partial charge in [-0.2, -0.15) is 0 Å². The van der Waals surface area contributed by atoms with Gasteiger partial charge < -0.3 is 14.2 Å². The lowest BCUT2D eigenvalue weighted by atomic mass is 9.70. The Morgan fingerprint density at radius 1 is 0.833 bits per heavy atom. The first kappa shape index (κ1) is 18.4. The molecule has 0 atom stereocenters. The minimum Gasteiger partial charge on any atom is -0.357 e. The molecule has 0 aromatic carbocycles. The first-order valence-electron chi connectivity index (χ1n) is 11.7. The van der Waals surface area contributed by atoms with Gasteiger partial charge in [0, 0.05) is 49.5 Å². The van der Waals surface area contributed by atoms with Crippen molar-refractivity contribution >= 4 is 11.5 Å². The van der Waals surface area contributed by atoms with Gasteiger partial charge in [-0.15, -0.1) is 0 Å². The molecule has 0 bridgehead atoms. The zero-order valence-electron chi connectivity index (χ0n) is 17.7. The van der Waals surface area contributed by atoms with E-state index in [1.807, 2.05) is 23.0 Å². The number of anilines is 1. The fourth-order valence-electron chi connectivity index (χ4n) is 5.66. The summed E-state index contributed by atoms with van der Waals surface area (Å²) in [7, 11) is 0. The molecule has 5 heterocycles. The number of fused-ring (bicyclic) bond motifs is 1. The number of aromatic nitrogens is 3. The summed E-state index contributed by atoms with van der Waals surface area (Å²) in [6, 6.07) is 9.57. The van der Waals surface area contributed by atoms with Crippen LogP contribution in [0.15, 0.2) is 49.1 Å². The van der Waals surface area contributed by atoms with E-state index in [2.05, 4.69) is 45.2 Å². The molecular weight excluding hydrogens is 370 g/mol. The molecule has 5 nitrogen and oxygen atoms in total. The van der Waals surface area contributed by atoms with Crippen LogP contribution in [0, 0.1) is 5.41 Å². The van der Waals surface area contributed by atoms with Crippen molar-refractivity contribution in [3.63, 3.8) is 0 Å². The van der Waals surface area contributed by atoms with E-state index in [0.717, 1.165) is 36.2 Å². The predicted molar refractivity (Wildman–Crippen MR) is 121 cm³/mol. The molecule has 3 aromatic rings. The van der Waals surface area contributed by atoms with Crippen molar-refractivity contribution in [2.24, 2.45) is 5.41 Å². The Kier molecular flexibility index (Phi) is 4.52. The lowest BCUT2D eigenvalue weighted by molar-refractivity contribution is 0.0305. The summed E-state index contributed by atoms with van der Waals surface area (Å²) in [5.41, 5.74) is 3.89. The van der Waals surface area contributed by atoms with Crippen molar-refractivity contribution in [3.05, 3.63) is 49.1 Å². The number of likely N-dealkylation sites (tertiary alicyclic amines) is 1. The topological polar surface area (TPSA) is 36.7 Å². The Hall–Kier alpha value is -2.40. The Balaban J connectivity index is 1.09. The van der Waals surface area contributed by atoms with E-state index in [4.69, 9.17) is 4.98 Å². The van der Waals surface area contributed by atoms with Crippen LogP contribution in [0.3, 0.4) is 0 Å². The second-order valence-electron chi connectivity index (χ2n) is 9.62. The van der Waals surface area contributed by atoms with Gasteiger partial charge in [0.25, 0.3) is 0 Å². The van der Waals surface area contributed by atoms with Crippen molar-refractivity contribution in [1.29, 1.82) is 0 Å². The van der Waals surface area contributed by atoms with Crippen molar-refractivity contribution in [3.8, 4) is 11.1 Å². The van der Waals surface area contributed by atoms with Gasteiger partial charge >= 0.3 is 0 Å². The highest BCUT2D eigenvalue weighted by atomic mass is 15.2. The highest BCUT2D eigenvalue weighted by Gasteiger charge is 2.39. The summed E-state index contributed by atoms with van der Waals surface area (Å²) >= 11 is 0. The number of rotatable bonds is 3. The minimum absolute atomic E-state index is 0.594. The van der Waals surface area contributed by atoms with Crippen LogP contribution in [-0.2, 0) is 0 Å². The van der Waals surface area contributed by atoms with Gasteiger partial charge in [0.1, 0.15) is 11.5 Å². The maximum absolute atomic E-state index is 4.82. The van der Waals surface area contributed by atoms with E-state index in [0.29, 0.717) is 5.41 Å². The Morgan fingerprint density at radius 2 is 1.63 bits per heavy atom. The van der Waals surface area contributed by atoms with Crippen LogP contribution in [0.5, 0.6) is 0 Å². The molecular formula is C25H31N5. The summed E-state index contributed by atoms with van der Waals surface area (Å²) in [6.45, 7) is 4.96. The molecule has 6 rings (SSSR count). The van der Waals surface area contributed by atoms with Gasteiger partial charge in [-0.25, -0.2) is 9.97 Å². The molecule has 3 aromatic heterocycles. The molecule has 1 aliphatic carbocycles. The molecule has 0 unspecified atom stereocenters. The number of imidazole rings is 1. The fraction of sp³-hybridized carbons (Fsp3) is 0.520. The average molecular weight is 402 g/mol. The van der Waals surface area contributed by atoms with Gasteiger partial charge in [-0.3, -0.25) is 0 Å². The largest absolute Gasteiger partial charge is 0.357 e. The summed E-state index contributed by atoms with van der Waals surface area (Å²) in [5.74, 6) is 1.13. The van der Waals surface area contributed by atoms with Crippen molar-refractivity contribution in [2.45, 2.75) is 51.0 Å². The number of piperidine rings is 2. The lowest BCUT2D eigenvalue weighted by Crippen LogP contribution is -2.51. The molecule has 5 heteroatoms. The third-order valence-corrected chi connectivity index (χ3v) is 8.08. The zero-order valence-corrected chi connectivity index (χ0v) is 17.7. The molecule has 1 saturated carbocycles. The zero-order chi connectivity index (χ0) is 20.0. The van der Waals surface area contributed by atoms with Crippen LogP contribution in [-0.4, -0.2) is 51.5 Å². The van der Waals surface area contributed by atoms with E-state index in [9.17, 15) is 0 Å². The molecule has 0 N–H and O–H groups in total. The van der Waals surface area contributed by atoms with Crippen LogP contribution < -0.4 is 4.90 Å². The van der Waals surface area contributed by atoms with Crippen molar-refractivity contribution < 1.29 is 0 Å². The van der Waals surface area contributed by atoms with Gasteiger partial charge in [0.2, 0.25) is 0 Å². The van der Waals surface area contributed by atoms with E-state index in [-0.39, 0.29) is 0 Å². The number of nitrogens with zero attached hydrogens (tertiary/aromatic N) is 5. The van der Waals surface area contributed by atoms with Crippen LogP contribution in [0.1, 0.15) is 44.9 Å². The van der Waals surface area contributed by atoms with E-state index in [1.165, 1.54) is 63.6 Å². The Bertz CT molecular complexity index is 1000. The summed E-state index contributed by atoms with van der Waals surface area (Å²) in [5, 5.41) is 0. The van der Waals surface area contributed by atoms with Gasteiger partial charge in [0.15, 0.2) is 0 Å². The highest BCUT2D eigenvalue weighted by molar-refractivity contribution is 5.67. The van der Waals surface area contributed by atoms with Crippen molar-refractivity contribution in [2.75, 3.05) is 31.1 Å². The van der Waals surface area contributed by atoms with Crippen LogP contribution in [0.4, 0.5) is 5.82 Å². The normalized spacial score (nSPS) is 22.5. The standard InChI is InChI=1S/C25H31N5/c1-2-22(3-1)28-13-7-25(8-14-28)9-15-30(16-10-25)23-5-4-21(19-27-23)20-6-12-29-17-11-26-24(29)18-20/h4-6,11-12,17-19,22H,1-3,7-10,13-16H2. The molecule has 3 aliphatic rings. The number of hydrogen-bond acceptors (Lipinski definition) is 4. The average Bonchev–Trinajstić information content (AvgIpc) is 3.23. The molecule has 2 saturated heterocycles. The predicted octanol–water partition coefficient (Wildman–Crippen LogP) is 4.63. The summed E-state index contributed by atoms with van der Waals surface area (Å²) < 4.78 is 2.03. The molecule has 1 spiro atoms. The Labute approximate surface area is 178 Å². The van der Waals surface area contributed by atoms with E-state index < -0.39 is 0 Å². The quantitative estimate of drug-likeness (QED) is 0.641. The molecule has 0 radical (unpaired) electrons. The first-order valence-corrected chi connectivity index (χ1v) is 11.7. The Morgan fingerprint density at radius 3 is 2.33 bits per heavy atom. The molecule has 3 fully saturated rings. The lowest BCUT2D eigenvalue weighted by Gasteiger charge is -2.50. The monoisotopic (exact) mass is 401 g/mol. The second-order valence-corrected chi connectivity index (χ2v) is 9.62.